The standard InChI is InChI=1S/C27H35ClFN3O5S/c1-4-24(27(34)30-21-8-6-5-7-9-21)31(17-19-10-12-20(29)13-11-19)26(33)18-32(38(3,35)36)22-14-15-25(37-2)23(28)16-22/h10-16,21,24H,4-9,17-18H2,1-3H3,(H,30,34). The van der Waals surface area contributed by atoms with Crippen LogP contribution in [0.15, 0.2) is 42.5 Å². The Morgan fingerprint density at radius 3 is 2.34 bits per heavy atom. The van der Waals surface area contributed by atoms with Crippen molar-refractivity contribution in [2.24, 2.45) is 0 Å². The lowest BCUT2D eigenvalue weighted by atomic mass is 9.95. The van der Waals surface area contributed by atoms with Crippen molar-refractivity contribution in [3.8, 4) is 5.75 Å². The topological polar surface area (TPSA) is 96.0 Å². The van der Waals surface area contributed by atoms with E-state index in [4.69, 9.17) is 16.3 Å². The summed E-state index contributed by atoms with van der Waals surface area (Å²) < 4.78 is 45.1. The SMILES string of the molecule is CCC(C(=O)NC1CCCCC1)N(Cc1ccc(F)cc1)C(=O)CN(c1ccc(OC)c(Cl)c1)S(C)(=O)=O. The monoisotopic (exact) mass is 567 g/mol. The number of sulfonamides is 1. The Morgan fingerprint density at radius 1 is 1.13 bits per heavy atom. The second-order valence-electron chi connectivity index (χ2n) is 9.50. The summed E-state index contributed by atoms with van der Waals surface area (Å²) in [6.45, 7) is 1.26. The van der Waals surface area contributed by atoms with Gasteiger partial charge in [-0.05, 0) is 55.2 Å². The first-order valence-corrected chi connectivity index (χ1v) is 14.9. The molecule has 0 bridgehead atoms. The maximum Gasteiger partial charge on any atom is 0.244 e. The van der Waals surface area contributed by atoms with E-state index in [0.29, 0.717) is 17.7 Å². The van der Waals surface area contributed by atoms with Crippen molar-refractivity contribution in [1.82, 2.24) is 10.2 Å². The van der Waals surface area contributed by atoms with Gasteiger partial charge in [0.15, 0.2) is 0 Å². The Kier molecular flexibility index (Phi) is 10.4. The predicted molar refractivity (Wildman–Crippen MR) is 146 cm³/mol. The zero-order valence-electron chi connectivity index (χ0n) is 22.0. The maximum atomic E-state index is 13.8. The van der Waals surface area contributed by atoms with Crippen LogP contribution < -0.4 is 14.4 Å². The molecule has 0 spiro atoms. The molecule has 11 heteroatoms. The summed E-state index contributed by atoms with van der Waals surface area (Å²) >= 11 is 6.22. The highest BCUT2D eigenvalue weighted by molar-refractivity contribution is 7.92. The molecule has 208 valence electrons. The molecule has 2 aromatic rings. The summed E-state index contributed by atoms with van der Waals surface area (Å²) in [5, 5.41) is 3.27. The summed E-state index contributed by atoms with van der Waals surface area (Å²) in [7, 11) is -2.46. The summed E-state index contributed by atoms with van der Waals surface area (Å²) in [4.78, 5) is 28.5. The number of hydrogen-bond donors (Lipinski definition) is 1. The Morgan fingerprint density at radius 2 is 1.79 bits per heavy atom. The molecule has 1 N–H and O–H groups in total. The summed E-state index contributed by atoms with van der Waals surface area (Å²) in [5.41, 5.74) is 0.801. The van der Waals surface area contributed by atoms with Gasteiger partial charge in [0.2, 0.25) is 21.8 Å². The fourth-order valence-electron chi connectivity index (χ4n) is 4.67. The first-order valence-electron chi connectivity index (χ1n) is 12.7. The summed E-state index contributed by atoms with van der Waals surface area (Å²) in [6, 6.07) is 9.27. The molecule has 3 rings (SSSR count). The number of carbonyl (C=O) groups is 2. The smallest absolute Gasteiger partial charge is 0.244 e. The molecule has 1 aliphatic carbocycles. The van der Waals surface area contributed by atoms with Crippen molar-refractivity contribution in [1.29, 1.82) is 0 Å². The van der Waals surface area contributed by atoms with E-state index < -0.39 is 34.3 Å². The fraction of sp³-hybridized carbons (Fsp3) is 0.481. The Balaban J connectivity index is 1.92. The average Bonchev–Trinajstić information content (AvgIpc) is 2.88. The van der Waals surface area contributed by atoms with Crippen molar-refractivity contribution in [2.75, 3.05) is 24.2 Å². The average molecular weight is 568 g/mol. The molecule has 1 unspecified atom stereocenters. The molecule has 38 heavy (non-hydrogen) atoms. The number of amides is 2. The summed E-state index contributed by atoms with van der Waals surface area (Å²) in [5.74, 6) is -0.919. The molecule has 2 amide bonds. The van der Waals surface area contributed by atoms with Crippen molar-refractivity contribution >= 4 is 39.1 Å². The van der Waals surface area contributed by atoms with Gasteiger partial charge >= 0.3 is 0 Å². The van der Waals surface area contributed by atoms with Crippen LogP contribution in [0.25, 0.3) is 0 Å². The number of methoxy groups -OCH3 is 1. The van der Waals surface area contributed by atoms with E-state index in [-0.39, 0.29) is 29.2 Å². The number of nitrogens with zero attached hydrogens (tertiary/aromatic N) is 2. The van der Waals surface area contributed by atoms with Gasteiger partial charge in [-0.1, -0.05) is 49.9 Å². The van der Waals surface area contributed by atoms with Crippen LogP contribution in [-0.4, -0.2) is 57.1 Å². The number of hydrogen-bond acceptors (Lipinski definition) is 5. The molecule has 0 aromatic heterocycles. The highest BCUT2D eigenvalue weighted by Crippen LogP contribution is 2.30. The van der Waals surface area contributed by atoms with Crippen molar-refractivity contribution in [2.45, 2.75) is 64.1 Å². The van der Waals surface area contributed by atoms with Crippen LogP contribution in [0.2, 0.25) is 5.02 Å². The highest BCUT2D eigenvalue weighted by atomic mass is 35.5. The zero-order chi connectivity index (χ0) is 27.9. The van der Waals surface area contributed by atoms with Gasteiger partial charge in [0, 0.05) is 12.6 Å². The molecule has 0 heterocycles. The van der Waals surface area contributed by atoms with Gasteiger partial charge in [-0.3, -0.25) is 13.9 Å². The Labute approximate surface area is 229 Å². The van der Waals surface area contributed by atoms with E-state index in [1.807, 2.05) is 0 Å². The Bertz CT molecular complexity index is 1220. The van der Waals surface area contributed by atoms with Crippen LogP contribution in [0.4, 0.5) is 10.1 Å². The van der Waals surface area contributed by atoms with E-state index in [1.54, 1.807) is 19.1 Å². The number of nitrogens with one attached hydrogen (secondary N) is 1. The summed E-state index contributed by atoms with van der Waals surface area (Å²) in [6.07, 6.45) is 6.29. The zero-order valence-corrected chi connectivity index (χ0v) is 23.5. The fourth-order valence-corrected chi connectivity index (χ4v) is 5.77. The van der Waals surface area contributed by atoms with Gasteiger partial charge in [0.05, 0.1) is 24.1 Å². The van der Waals surface area contributed by atoms with Gasteiger partial charge in [-0.25, -0.2) is 12.8 Å². The first-order chi connectivity index (χ1) is 18.0. The van der Waals surface area contributed by atoms with Gasteiger partial charge < -0.3 is 15.0 Å². The molecule has 1 saturated carbocycles. The number of benzene rings is 2. The maximum absolute atomic E-state index is 13.8. The molecule has 2 aromatic carbocycles. The second-order valence-corrected chi connectivity index (χ2v) is 11.8. The normalized spacial score (nSPS) is 15.0. The van der Waals surface area contributed by atoms with E-state index in [0.717, 1.165) is 42.7 Å². The molecule has 1 fully saturated rings. The minimum absolute atomic E-state index is 0.0106. The third kappa shape index (κ3) is 7.83. The molecule has 0 aliphatic heterocycles. The number of ether oxygens (including phenoxy) is 1. The van der Waals surface area contributed by atoms with Gasteiger partial charge in [-0.2, -0.15) is 0 Å². The van der Waals surface area contributed by atoms with E-state index in [1.165, 1.54) is 42.3 Å². The van der Waals surface area contributed by atoms with Crippen LogP contribution in [0.1, 0.15) is 51.0 Å². The number of carbonyl (C=O) groups excluding carboxylic acids is 2. The lowest BCUT2D eigenvalue weighted by Crippen LogP contribution is -2.53. The van der Waals surface area contributed by atoms with Crippen molar-refractivity contribution in [3.05, 3.63) is 58.9 Å². The van der Waals surface area contributed by atoms with Gasteiger partial charge in [-0.15, -0.1) is 0 Å². The molecule has 0 radical (unpaired) electrons. The quantitative estimate of drug-likeness (QED) is 0.431. The lowest BCUT2D eigenvalue weighted by Gasteiger charge is -2.34. The van der Waals surface area contributed by atoms with Crippen LogP contribution in [0, 0.1) is 5.82 Å². The van der Waals surface area contributed by atoms with Crippen LogP contribution in [0.3, 0.4) is 0 Å². The van der Waals surface area contributed by atoms with Crippen LogP contribution >= 0.6 is 11.6 Å². The van der Waals surface area contributed by atoms with Gasteiger partial charge in [0.25, 0.3) is 0 Å². The molecule has 8 nitrogen and oxygen atoms in total. The minimum Gasteiger partial charge on any atom is -0.495 e. The Hall–Kier alpha value is -2.85. The van der Waals surface area contributed by atoms with E-state index >= 15 is 0 Å². The van der Waals surface area contributed by atoms with Gasteiger partial charge in [0.1, 0.15) is 24.2 Å². The van der Waals surface area contributed by atoms with E-state index in [9.17, 15) is 22.4 Å². The predicted octanol–water partition coefficient (Wildman–Crippen LogP) is 4.51. The van der Waals surface area contributed by atoms with E-state index in [2.05, 4.69) is 5.32 Å². The van der Waals surface area contributed by atoms with Crippen molar-refractivity contribution in [3.63, 3.8) is 0 Å². The number of halogens is 2. The minimum atomic E-state index is -3.90. The molecule has 1 aliphatic rings. The van der Waals surface area contributed by atoms with Crippen LogP contribution in [0.5, 0.6) is 5.75 Å². The molecular weight excluding hydrogens is 533 g/mol. The number of rotatable bonds is 11. The third-order valence-electron chi connectivity index (χ3n) is 6.71. The first kappa shape index (κ1) is 29.7. The largest absolute Gasteiger partial charge is 0.495 e. The van der Waals surface area contributed by atoms with Crippen LogP contribution in [-0.2, 0) is 26.2 Å². The lowest BCUT2D eigenvalue weighted by molar-refractivity contribution is -0.140. The molecule has 0 saturated heterocycles. The van der Waals surface area contributed by atoms with Crippen molar-refractivity contribution < 1.29 is 27.1 Å². The second kappa shape index (κ2) is 13.3. The molecule has 1 atom stereocenters. The number of anilines is 1. The highest BCUT2D eigenvalue weighted by Gasteiger charge is 2.33. The third-order valence-corrected chi connectivity index (χ3v) is 8.14. The molecular formula is C27H35ClFN3O5S.